The number of nitrogens with two attached hydrogens (primary N) is 1. The molecule has 0 saturated carbocycles. The van der Waals surface area contributed by atoms with Crippen LogP contribution in [0.2, 0.25) is 4.34 Å². The lowest BCUT2D eigenvalue weighted by Crippen LogP contribution is -2.14. The Morgan fingerprint density at radius 3 is 2.69 bits per heavy atom. The molecule has 2 amide bonds. The molecule has 3 N–H and O–H groups in total. The van der Waals surface area contributed by atoms with E-state index in [9.17, 15) is 9.59 Å². The van der Waals surface area contributed by atoms with E-state index in [1.165, 1.54) is 13.0 Å². The van der Waals surface area contributed by atoms with E-state index in [0.717, 1.165) is 11.3 Å². The van der Waals surface area contributed by atoms with Crippen molar-refractivity contribution in [2.24, 2.45) is 5.73 Å². The molecule has 13 heavy (non-hydrogen) atoms. The maximum atomic E-state index is 10.8. The van der Waals surface area contributed by atoms with Gasteiger partial charge in [0.1, 0.15) is 5.00 Å². The number of halogens is 1. The molecule has 1 heterocycles. The smallest absolute Gasteiger partial charge is 0.251 e. The molecule has 6 heteroatoms. The van der Waals surface area contributed by atoms with Crippen molar-refractivity contribution in [2.75, 3.05) is 5.32 Å². The van der Waals surface area contributed by atoms with Crippen LogP contribution in [0.1, 0.15) is 17.3 Å². The van der Waals surface area contributed by atoms with Gasteiger partial charge in [-0.05, 0) is 6.07 Å². The first-order valence-electron chi connectivity index (χ1n) is 3.37. The Balaban J connectivity index is 3.04. The molecule has 1 aromatic heterocycles. The molecule has 0 spiro atoms. The summed E-state index contributed by atoms with van der Waals surface area (Å²) in [6.45, 7) is 1.35. The Hall–Kier alpha value is -1.07. The minimum absolute atomic E-state index is 0.241. The zero-order valence-corrected chi connectivity index (χ0v) is 8.33. The van der Waals surface area contributed by atoms with Crippen LogP contribution in [0, 0.1) is 0 Å². The fraction of sp³-hybridized carbons (Fsp3) is 0.143. The van der Waals surface area contributed by atoms with E-state index in [1.807, 2.05) is 0 Å². The molecule has 4 nitrogen and oxygen atoms in total. The van der Waals surface area contributed by atoms with Gasteiger partial charge in [0.25, 0.3) is 5.91 Å². The van der Waals surface area contributed by atoms with Crippen molar-refractivity contribution in [1.82, 2.24) is 0 Å². The van der Waals surface area contributed by atoms with Gasteiger partial charge in [-0.25, -0.2) is 0 Å². The number of hydrogen-bond donors (Lipinski definition) is 2. The largest absolute Gasteiger partial charge is 0.366 e. The van der Waals surface area contributed by atoms with E-state index in [-0.39, 0.29) is 11.5 Å². The van der Waals surface area contributed by atoms with E-state index < -0.39 is 5.91 Å². The predicted octanol–water partition coefficient (Wildman–Crippen LogP) is 1.46. The normalized spacial score (nSPS) is 9.69. The van der Waals surface area contributed by atoms with Crippen molar-refractivity contribution in [1.29, 1.82) is 0 Å². The van der Waals surface area contributed by atoms with Crippen LogP contribution in [-0.2, 0) is 4.79 Å². The summed E-state index contributed by atoms with van der Waals surface area (Å²) in [4.78, 5) is 21.5. The molecule has 0 saturated heterocycles. The second-order valence-electron chi connectivity index (χ2n) is 2.34. The van der Waals surface area contributed by atoms with Crippen molar-refractivity contribution < 1.29 is 9.59 Å². The molecule has 0 aliphatic heterocycles. The zero-order valence-electron chi connectivity index (χ0n) is 6.76. The van der Waals surface area contributed by atoms with Crippen LogP contribution in [0.5, 0.6) is 0 Å². The van der Waals surface area contributed by atoms with Crippen LogP contribution in [-0.4, -0.2) is 11.8 Å². The van der Waals surface area contributed by atoms with E-state index >= 15 is 0 Å². The van der Waals surface area contributed by atoms with Gasteiger partial charge in [-0.2, -0.15) is 0 Å². The van der Waals surface area contributed by atoms with Crippen LogP contribution in [0.3, 0.4) is 0 Å². The van der Waals surface area contributed by atoms with Crippen molar-refractivity contribution >= 4 is 39.8 Å². The summed E-state index contributed by atoms with van der Waals surface area (Å²) >= 11 is 6.76. The number of primary amides is 1. The van der Waals surface area contributed by atoms with Gasteiger partial charge >= 0.3 is 0 Å². The van der Waals surface area contributed by atoms with Gasteiger partial charge in [0.2, 0.25) is 5.91 Å². The highest BCUT2D eigenvalue weighted by Crippen LogP contribution is 2.31. The number of hydrogen-bond acceptors (Lipinski definition) is 3. The van der Waals surface area contributed by atoms with Crippen molar-refractivity contribution in [2.45, 2.75) is 6.92 Å². The molecule has 1 aromatic rings. The molecule has 0 aromatic carbocycles. The van der Waals surface area contributed by atoms with Gasteiger partial charge in [-0.15, -0.1) is 11.3 Å². The molecule has 0 unspecified atom stereocenters. The average Bonchev–Trinajstić information content (AvgIpc) is 2.29. The van der Waals surface area contributed by atoms with Crippen LogP contribution in [0.15, 0.2) is 6.07 Å². The second kappa shape index (κ2) is 3.76. The Labute approximate surface area is 83.7 Å². The molecule has 0 atom stereocenters. The summed E-state index contributed by atoms with van der Waals surface area (Å²) in [5, 5.41) is 2.86. The molecule has 0 aliphatic carbocycles. The minimum atomic E-state index is -0.605. The van der Waals surface area contributed by atoms with E-state index in [2.05, 4.69) is 5.32 Å². The van der Waals surface area contributed by atoms with E-state index in [1.54, 1.807) is 0 Å². The first-order chi connectivity index (χ1) is 6.00. The number of amides is 2. The molecule has 0 fully saturated rings. The average molecular weight is 219 g/mol. The fourth-order valence-electron chi connectivity index (χ4n) is 0.797. The van der Waals surface area contributed by atoms with Crippen LogP contribution < -0.4 is 11.1 Å². The fourth-order valence-corrected chi connectivity index (χ4v) is 1.97. The van der Waals surface area contributed by atoms with Gasteiger partial charge in [0, 0.05) is 6.92 Å². The van der Waals surface area contributed by atoms with Gasteiger partial charge < -0.3 is 11.1 Å². The lowest BCUT2D eigenvalue weighted by atomic mass is 10.3. The van der Waals surface area contributed by atoms with Crippen molar-refractivity contribution in [3.63, 3.8) is 0 Å². The number of anilines is 1. The number of carbonyl (C=O) groups excluding carboxylic acids is 2. The second-order valence-corrected chi connectivity index (χ2v) is 4.02. The van der Waals surface area contributed by atoms with Crippen LogP contribution in [0.25, 0.3) is 0 Å². The first-order valence-corrected chi connectivity index (χ1v) is 4.57. The number of thiophene rings is 1. The highest BCUT2D eigenvalue weighted by molar-refractivity contribution is 7.20. The summed E-state index contributed by atoms with van der Waals surface area (Å²) < 4.78 is 0.414. The molecule has 0 aliphatic rings. The Kier molecular flexibility index (Phi) is 2.90. The lowest BCUT2D eigenvalue weighted by molar-refractivity contribution is -0.114. The summed E-state index contributed by atoms with van der Waals surface area (Å²) in [5.74, 6) is -0.868. The summed E-state index contributed by atoms with van der Waals surface area (Å²) in [7, 11) is 0. The highest BCUT2D eigenvalue weighted by Gasteiger charge is 2.13. The molecular weight excluding hydrogens is 212 g/mol. The van der Waals surface area contributed by atoms with E-state index in [0.29, 0.717) is 9.34 Å². The topological polar surface area (TPSA) is 72.2 Å². The van der Waals surface area contributed by atoms with Gasteiger partial charge in [0.15, 0.2) is 0 Å². The molecule has 1 rings (SSSR count). The van der Waals surface area contributed by atoms with Crippen LogP contribution in [0.4, 0.5) is 5.00 Å². The highest BCUT2D eigenvalue weighted by atomic mass is 35.5. The van der Waals surface area contributed by atoms with Gasteiger partial charge in [-0.1, -0.05) is 11.6 Å². The first kappa shape index (κ1) is 10.0. The summed E-state index contributed by atoms with van der Waals surface area (Å²) in [5.41, 5.74) is 5.30. The number of nitrogens with one attached hydrogen (secondary N) is 1. The predicted molar refractivity (Wildman–Crippen MR) is 52.2 cm³/mol. The van der Waals surface area contributed by atoms with Crippen molar-refractivity contribution in [3.8, 4) is 0 Å². The Morgan fingerprint density at radius 1 is 1.62 bits per heavy atom. The maximum absolute atomic E-state index is 10.8. The molecular formula is C7H7ClN2O2S. The van der Waals surface area contributed by atoms with Crippen LogP contribution >= 0.6 is 22.9 Å². The Bertz CT molecular complexity index is 361. The quantitative estimate of drug-likeness (QED) is 0.789. The third-order valence-corrected chi connectivity index (χ3v) is 2.44. The third-order valence-electron chi connectivity index (χ3n) is 1.26. The Morgan fingerprint density at radius 2 is 2.23 bits per heavy atom. The molecule has 70 valence electrons. The third kappa shape index (κ3) is 2.43. The molecule has 0 radical (unpaired) electrons. The zero-order chi connectivity index (χ0) is 10.0. The minimum Gasteiger partial charge on any atom is -0.366 e. The number of carbonyl (C=O) groups is 2. The molecule has 0 bridgehead atoms. The standard InChI is InChI=1S/C7H7ClN2O2S/c1-3(11)10-7-4(6(9)12)2-5(8)13-7/h2H,1H3,(H2,9,12)(H,10,11). The van der Waals surface area contributed by atoms with Crippen molar-refractivity contribution in [3.05, 3.63) is 16.0 Å². The summed E-state index contributed by atoms with van der Waals surface area (Å²) in [6, 6.07) is 1.43. The van der Waals surface area contributed by atoms with E-state index in [4.69, 9.17) is 17.3 Å². The SMILES string of the molecule is CC(=O)Nc1sc(Cl)cc1C(N)=O. The van der Waals surface area contributed by atoms with Gasteiger partial charge in [-0.3, -0.25) is 9.59 Å². The lowest BCUT2D eigenvalue weighted by Gasteiger charge is -1.98. The van der Waals surface area contributed by atoms with Gasteiger partial charge in [0.05, 0.1) is 9.90 Å². The number of rotatable bonds is 2. The maximum Gasteiger partial charge on any atom is 0.251 e. The monoisotopic (exact) mass is 218 g/mol. The summed E-state index contributed by atoms with van der Waals surface area (Å²) in [6.07, 6.45) is 0.